The van der Waals surface area contributed by atoms with E-state index in [-0.39, 0.29) is 0 Å². The maximum atomic E-state index is 3.75. The van der Waals surface area contributed by atoms with E-state index in [2.05, 4.69) is 31.4 Å². The van der Waals surface area contributed by atoms with Crippen molar-refractivity contribution in [2.75, 3.05) is 19.6 Å². The third-order valence-corrected chi connectivity index (χ3v) is 7.16. The molecule has 2 nitrogen and oxygen atoms in total. The summed E-state index contributed by atoms with van der Waals surface area (Å²) in [6, 6.07) is 0.795. The van der Waals surface area contributed by atoms with Gasteiger partial charge in [-0.15, -0.1) is 0 Å². The van der Waals surface area contributed by atoms with Gasteiger partial charge in [-0.05, 0) is 80.6 Å². The maximum Gasteiger partial charge on any atom is 0.00793 e. The minimum Gasteiger partial charge on any atom is -0.315 e. The molecule has 4 fully saturated rings. The Morgan fingerprint density at radius 1 is 0.952 bits per heavy atom. The van der Waals surface area contributed by atoms with Crippen molar-refractivity contribution in [1.29, 1.82) is 0 Å². The number of hydrogen-bond acceptors (Lipinski definition) is 2. The quantitative estimate of drug-likeness (QED) is 0.727. The first-order valence-electron chi connectivity index (χ1n) is 9.51. The predicted octanol–water partition coefficient (Wildman–Crippen LogP) is 3.82. The molecule has 3 atom stereocenters. The smallest absolute Gasteiger partial charge is 0.00793 e. The molecule has 0 unspecified atom stereocenters. The molecule has 21 heavy (non-hydrogen) atoms. The van der Waals surface area contributed by atoms with E-state index in [9.17, 15) is 0 Å². The van der Waals surface area contributed by atoms with E-state index in [0.717, 1.165) is 42.8 Å². The average molecular weight is 293 g/mol. The lowest BCUT2D eigenvalue weighted by Crippen LogP contribution is -2.54. The molecular weight excluding hydrogens is 256 g/mol. The molecule has 0 aromatic heterocycles. The summed E-state index contributed by atoms with van der Waals surface area (Å²) in [5.41, 5.74) is 0.641. The summed E-state index contributed by atoms with van der Waals surface area (Å²) in [6.45, 7) is 11.0. The summed E-state index contributed by atoms with van der Waals surface area (Å²) in [5.74, 6) is 3.94. The van der Waals surface area contributed by atoms with Crippen LogP contribution in [-0.4, -0.2) is 25.7 Å². The van der Waals surface area contributed by atoms with Gasteiger partial charge in [0.1, 0.15) is 0 Å². The number of nitrogens with one attached hydrogen (secondary N) is 2. The Labute approximate surface area is 131 Å². The van der Waals surface area contributed by atoms with E-state index in [4.69, 9.17) is 0 Å². The van der Waals surface area contributed by atoms with Gasteiger partial charge >= 0.3 is 0 Å². The molecule has 4 aliphatic carbocycles. The molecule has 0 aliphatic heterocycles. The van der Waals surface area contributed by atoms with Crippen molar-refractivity contribution >= 4 is 0 Å². The fourth-order valence-electron chi connectivity index (χ4n) is 5.32. The highest BCUT2D eigenvalue weighted by Crippen LogP contribution is 2.61. The highest BCUT2D eigenvalue weighted by Gasteiger charge is 2.53. The summed E-state index contributed by atoms with van der Waals surface area (Å²) >= 11 is 0. The van der Waals surface area contributed by atoms with Crippen LogP contribution in [0.15, 0.2) is 0 Å². The first-order valence-corrected chi connectivity index (χ1v) is 9.51. The molecule has 2 bridgehead atoms. The summed E-state index contributed by atoms with van der Waals surface area (Å²) in [4.78, 5) is 0. The second-order valence-corrected chi connectivity index (χ2v) is 8.81. The zero-order chi connectivity index (χ0) is 14.9. The number of fused-ring (bicyclic) bond motifs is 2. The average Bonchev–Trinajstić information content (AvgIpc) is 2.49. The van der Waals surface area contributed by atoms with Gasteiger partial charge in [-0.25, -0.2) is 0 Å². The Hall–Kier alpha value is -0.0800. The first kappa shape index (κ1) is 15.8. The molecule has 0 saturated heterocycles. The van der Waals surface area contributed by atoms with Crippen LogP contribution in [0.5, 0.6) is 0 Å². The summed E-state index contributed by atoms with van der Waals surface area (Å²) < 4.78 is 0. The Morgan fingerprint density at radius 2 is 1.71 bits per heavy atom. The topological polar surface area (TPSA) is 24.1 Å². The van der Waals surface area contributed by atoms with Gasteiger partial charge in [0.15, 0.2) is 0 Å². The molecule has 2 heteroatoms. The fraction of sp³-hybridized carbons (Fsp3) is 1.00. The molecule has 122 valence electrons. The van der Waals surface area contributed by atoms with Crippen LogP contribution in [0.3, 0.4) is 0 Å². The van der Waals surface area contributed by atoms with Crippen LogP contribution in [0.1, 0.15) is 65.7 Å². The highest BCUT2D eigenvalue weighted by atomic mass is 15.0. The SMILES string of the molecule is CC1CCC(NCCNC[C@@H]2CC[C@H]3C[C@@H]2C3(C)C)CC1. The lowest BCUT2D eigenvalue weighted by molar-refractivity contribution is -0.103. The standard InChI is InChI=1S/C19H36N2/c1-14-4-8-17(9-5-14)21-11-10-20-13-15-6-7-16-12-18(15)19(16,2)3/h14-18,20-21H,4-13H2,1-3H3/t14?,15-,16-,17?,18-/m0/s1. The molecule has 0 aromatic rings. The molecule has 0 spiro atoms. The third kappa shape index (κ3) is 3.47. The Balaban J connectivity index is 1.27. The second-order valence-electron chi connectivity index (χ2n) is 8.81. The molecule has 0 amide bonds. The van der Waals surface area contributed by atoms with E-state index in [1.807, 2.05) is 0 Å². The Bertz CT molecular complexity index is 328. The Morgan fingerprint density at radius 3 is 2.38 bits per heavy atom. The number of hydrogen-bond donors (Lipinski definition) is 2. The molecule has 4 aliphatic rings. The summed E-state index contributed by atoms with van der Waals surface area (Å²) in [5, 5.41) is 7.49. The molecule has 0 aromatic carbocycles. The zero-order valence-corrected chi connectivity index (χ0v) is 14.5. The van der Waals surface area contributed by atoms with Crippen molar-refractivity contribution in [3.63, 3.8) is 0 Å². The summed E-state index contributed by atoms with van der Waals surface area (Å²) in [6.07, 6.45) is 10.1. The van der Waals surface area contributed by atoms with Crippen LogP contribution in [0, 0.1) is 29.1 Å². The van der Waals surface area contributed by atoms with Crippen molar-refractivity contribution in [2.24, 2.45) is 29.1 Å². The molecule has 4 rings (SSSR count). The van der Waals surface area contributed by atoms with Crippen molar-refractivity contribution in [3.8, 4) is 0 Å². The van der Waals surface area contributed by atoms with E-state index in [1.54, 1.807) is 0 Å². The third-order valence-electron chi connectivity index (χ3n) is 7.16. The van der Waals surface area contributed by atoms with E-state index in [1.165, 1.54) is 51.5 Å². The van der Waals surface area contributed by atoms with Crippen LogP contribution in [0.4, 0.5) is 0 Å². The predicted molar refractivity (Wildman–Crippen MR) is 90.4 cm³/mol. The summed E-state index contributed by atoms with van der Waals surface area (Å²) in [7, 11) is 0. The van der Waals surface area contributed by atoms with E-state index < -0.39 is 0 Å². The van der Waals surface area contributed by atoms with Crippen molar-refractivity contribution < 1.29 is 0 Å². The number of rotatable bonds is 6. The first-order chi connectivity index (χ1) is 10.1. The van der Waals surface area contributed by atoms with Gasteiger partial charge in [-0.3, -0.25) is 0 Å². The van der Waals surface area contributed by atoms with Gasteiger partial charge in [0.25, 0.3) is 0 Å². The van der Waals surface area contributed by atoms with Gasteiger partial charge in [-0.1, -0.05) is 20.8 Å². The van der Waals surface area contributed by atoms with Crippen LogP contribution < -0.4 is 10.6 Å². The van der Waals surface area contributed by atoms with Gasteiger partial charge in [0.05, 0.1) is 0 Å². The lowest BCUT2D eigenvalue weighted by Gasteiger charge is -2.60. The van der Waals surface area contributed by atoms with Crippen LogP contribution in [0.2, 0.25) is 0 Å². The normalized spacial score (nSPS) is 41.6. The molecule has 4 saturated carbocycles. The van der Waals surface area contributed by atoms with Crippen molar-refractivity contribution in [3.05, 3.63) is 0 Å². The lowest BCUT2D eigenvalue weighted by atomic mass is 9.45. The molecule has 0 radical (unpaired) electrons. The van der Waals surface area contributed by atoms with Crippen molar-refractivity contribution in [1.82, 2.24) is 10.6 Å². The molecule has 2 N–H and O–H groups in total. The highest BCUT2D eigenvalue weighted by molar-refractivity contribution is 5.03. The second kappa shape index (κ2) is 6.58. The molecule has 0 heterocycles. The van der Waals surface area contributed by atoms with Gasteiger partial charge in [-0.2, -0.15) is 0 Å². The van der Waals surface area contributed by atoms with Crippen molar-refractivity contribution in [2.45, 2.75) is 71.8 Å². The van der Waals surface area contributed by atoms with Crippen LogP contribution in [-0.2, 0) is 0 Å². The van der Waals surface area contributed by atoms with E-state index >= 15 is 0 Å². The molecular formula is C19H36N2. The van der Waals surface area contributed by atoms with Crippen LogP contribution in [0.25, 0.3) is 0 Å². The van der Waals surface area contributed by atoms with Gasteiger partial charge < -0.3 is 10.6 Å². The van der Waals surface area contributed by atoms with Gasteiger partial charge in [0.2, 0.25) is 0 Å². The fourth-order valence-corrected chi connectivity index (χ4v) is 5.32. The zero-order valence-electron chi connectivity index (χ0n) is 14.5. The Kier molecular flexibility index (Phi) is 4.95. The minimum atomic E-state index is 0.641. The monoisotopic (exact) mass is 292 g/mol. The van der Waals surface area contributed by atoms with Gasteiger partial charge in [0, 0.05) is 19.1 Å². The maximum absolute atomic E-state index is 3.75. The van der Waals surface area contributed by atoms with Crippen LogP contribution >= 0.6 is 0 Å². The largest absolute Gasteiger partial charge is 0.315 e. The van der Waals surface area contributed by atoms with E-state index in [0.29, 0.717) is 5.41 Å². The minimum absolute atomic E-state index is 0.641.